The van der Waals surface area contributed by atoms with Gasteiger partial charge in [0.25, 0.3) is 5.69 Å². The number of nitrogens with zero attached hydrogens (tertiary/aromatic N) is 3. The van der Waals surface area contributed by atoms with E-state index in [4.69, 9.17) is 0 Å². The first-order valence-electron chi connectivity index (χ1n) is 6.62. The summed E-state index contributed by atoms with van der Waals surface area (Å²) in [5.74, 6) is -0.938. The fourth-order valence-electron chi connectivity index (χ4n) is 2.00. The summed E-state index contributed by atoms with van der Waals surface area (Å²) in [6, 6.07) is 1.62. The summed E-state index contributed by atoms with van der Waals surface area (Å²) < 4.78 is 41.9. The van der Waals surface area contributed by atoms with Crippen molar-refractivity contribution >= 4 is 15.7 Å². The largest absolute Gasteiger partial charge is 0.276 e. The summed E-state index contributed by atoms with van der Waals surface area (Å²) in [5, 5.41) is 14.8. The maximum Gasteiger partial charge on any atom is 0.276 e. The fourth-order valence-corrected chi connectivity index (χ4v) is 3.06. The van der Waals surface area contributed by atoms with Crippen molar-refractivity contribution < 1.29 is 17.7 Å². The van der Waals surface area contributed by atoms with E-state index in [0.29, 0.717) is 6.42 Å². The molecule has 0 aliphatic heterocycles. The molecule has 1 aromatic carbocycles. The van der Waals surface area contributed by atoms with Gasteiger partial charge in [-0.2, -0.15) is 5.10 Å². The molecule has 0 spiro atoms. The van der Waals surface area contributed by atoms with Crippen molar-refractivity contribution in [2.75, 3.05) is 6.54 Å². The number of nitro groups is 1. The number of rotatable bonds is 6. The first-order chi connectivity index (χ1) is 10.7. The van der Waals surface area contributed by atoms with Gasteiger partial charge in [0, 0.05) is 25.9 Å². The smallest absolute Gasteiger partial charge is 0.276 e. The second-order valence-electron chi connectivity index (χ2n) is 4.98. The van der Waals surface area contributed by atoms with Crippen molar-refractivity contribution in [1.29, 1.82) is 0 Å². The second-order valence-corrected chi connectivity index (χ2v) is 6.74. The standard InChI is InChI=1S/C13H15FN4O4S/c1-9-12(14)5-11(6-13(9)18(19)20)23(21,22)16-4-3-10-7-15-17(2)8-10/h5-8,16H,3-4H2,1-2H3. The number of nitro benzene ring substituents is 1. The van der Waals surface area contributed by atoms with Crippen molar-refractivity contribution in [2.24, 2.45) is 7.05 Å². The third-order valence-electron chi connectivity index (χ3n) is 3.26. The Bertz CT molecular complexity index is 848. The number of nitrogens with one attached hydrogen (secondary N) is 1. The Labute approximate surface area is 132 Å². The first kappa shape index (κ1) is 17.0. The number of benzene rings is 1. The zero-order valence-corrected chi connectivity index (χ0v) is 13.3. The summed E-state index contributed by atoms with van der Waals surface area (Å²) in [6.07, 6.45) is 3.74. The number of hydrogen-bond acceptors (Lipinski definition) is 5. The molecule has 0 fully saturated rings. The van der Waals surface area contributed by atoms with E-state index >= 15 is 0 Å². The van der Waals surface area contributed by atoms with Crippen LogP contribution < -0.4 is 4.72 Å². The van der Waals surface area contributed by atoms with Crippen molar-refractivity contribution in [3.8, 4) is 0 Å². The fraction of sp³-hybridized carbons (Fsp3) is 0.308. The molecule has 0 unspecified atom stereocenters. The van der Waals surface area contributed by atoms with Crippen LogP contribution in [0.4, 0.5) is 10.1 Å². The highest BCUT2D eigenvalue weighted by Crippen LogP contribution is 2.25. The average molecular weight is 342 g/mol. The molecule has 8 nitrogen and oxygen atoms in total. The van der Waals surface area contributed by atoms with Crippen LogP contribution in [0.1, 0.15) is 11.1 Å². The van der Waals surface area contributed by atoms with E-state index in [2.05, 4.69) is 9.82 Å². The van der Waals surface area contributed by atoms with Crippen LogP contribution in [0.5, 0.6) is 0 Å². The molecular formula is C13H15FN4O4S. The molecule has 2 rings (SSSR count). The average Bonchev–Trinajstić information content (AvgIpc) is 2.86. The summed E-state index contributed by atoms with van der Waals surface area (Å²) in [4.78, 5) is 9.58. The van der Waals surface area contributed by atoms with Crippen LogP contribution in [-0.2, 0) is 23.5 Å². The van der Waals surface area contributed by atoms with Gasteiger partial charge in [0.2, 0.25) is 10.0 Å². The second kappa shape index (κ2) is 6.42. The molecular weight excluding hydrogens is 327 g/mol. The number of aromatic nitrogens is 2. The monoisotopic (exact) mass is 342 g/mol. The first-order valence-corrected chi connectivity index (χ1v) is 8.11. The van der Waals surface area contributed by atoms with Gasteiger partial charge in [-0.3, -0.25) is 14.8 Å². The Morgan fingerprint density at radius 1 is 1.43 bits per heavy atom. The number of halogens is 1. The molecule has 2 aromatic rings. The normalized spacial score (nSPS) is 11.6. The lowest BCUT2D eigenvalue weighted by atomic mass is 10.2. The van der Waals surface area contributed by atoms with Gasteiger partial charge in [0.05, 0.1) is 21.6 Å². The summed E-state index contributed by atoms with van der Waals surface area (Å²) in [6.45, 7) is 1.29. The van der Waals surface area contributed by atoms with E-state index in [1.165, 1.54) is 6.92 Å². The summed E-state index contributed by atoms with van der Waals surface area (Å²) >= 11 is 0. The van der Waals surface area contributed by atoms with Crippen LogP contribution in [0.2, 0.25) is 0 Å². The predicted octanol–water partition coefficient (Wildman–Crippen LogP) is 1.30. The molecule has 1 N–H and O–H groups in total. The van der Waals surface area contributed by atoms with Crippen LogP contribution in [0, 0.1) is 22.9 Å². The summed E-state index contributed by atoms with van der Waals surface area (Å²) in [5.41, 5.74) is 0.0539. The van der Waals surface area contributed by atoms with Gasteiger partial charge in [-0.15, -0.1) is 0 Å². The van der Waals surface area contributed by atoms with E-state index in [-0.39, 0.29) is 12.1 Å². The van der Waals surface area contributed by atoms with Crippen molar-refractivity contribution in [1.82, 2.24) is 14.5 Å². The van der Waals surface area contributed by atoms with Gasteiger partial charge in [0.1, 0.15) is 5.82 Å². The molecule has 0 saturated heterocycles. The van der Waals surface area contributed by atoms with Crippen molar-refractivity contribution in [3.05, 3.63) is 51.6 Å². The topological polar surface area (TPSA) is 107 Å². The number of aryl methyl sites for hydroxylation is 1. The van der Waals surface area contributed by atoms with Gasteiger partial charge < -0.3 is 0 Å². The molecule has 0 saturated carbocycles. The molecule has 0 bridgehead atoms. The maximum atomic E-state index is 13.7. The van der Waals surface area contributed by atoms with E-state index < -0.39 is 31.3 Å². The molecule has 0 radical (unpaired) electrons. The Balaban J connectivity index is 2.17. The van der Waals surface area contributed by atoms with Crippen molar-refractivity contribution in [3.63, 3.8) is 0 Å². The van der Waals surface area contributed by atoms with E-state index in [9.17, 15) is 22.9 Å². The number of hydrogen-bond donors (Lipinski definition) is 1. The van der Waals surface area contributed by atoms with Crippen LogP contribution in [0.3, 0.4) is 0 Å². The van der Waals surface area contributed by atoms with E-state index in [1.807, 2.05) is 0 Å². The third kappa shape index (κ3) is 3.90. The zero-order valence-electron chi connectivity index (χ0n) is 12.5. The lowest BCUT2D eigenvalue weighted by Crippen LogP contribution is -2.26. The molecule has 0 amide bonds. The molecule has 23 heavy (non-hydrogen) atoms. The molecule has 124 valence electrons. The minimum atomic E-state index is -4.04. The minimum absolute atomic E-state index is 0.0668. The lowest BCUT2D eigenvalue weighted by molar-refractivity contribution is -0.385. The van der Waals surface area contributed by atoms with E-state index in [1.54, 1.807) is 24.1 Å². The predicted molar refractivity (Wildman–Crippen MR) is 79.9 cm³/mol. The Morgan fingerprint density at radius 3 is 2.70 bits per heavy atom. The maximum absolute atomic E-state index is 13.7. The molecule has 0 aliphatic rings. The quantitative estimate of drug-likeness (QED) is 0.629. The molecule has 10 heteroatoms. The van der Waals surface area contributed by atoms with Gasteiger partial charge in [-0.1, -0.05) is 0 Å². The lowest BCUT2D eigenvalue weighted by Gasteiger charge is -2.08. The van der Waals surface area contributed by atoms with Crippen LogP contribution in [0.25, 0.3) is 0 Å². The van der Waals surface area contributed by atoms with Crippen LogP contribution >= 0.6 is 0 Å². The van der Waals surface area contributed by atoms with Crippen LogP contribution in [0.15, 0.2) is 29.4 Å². The Morgan fingerprint density at radius 2 is 2.13 bits per heavy atom. The minimum Gasteiger partial charge on any atom is -0.276 e. The number of sulfonamides is 1. The van der Waals surface area contributed by atoms with Gasteiger partial charge in [0.15, 0.2) is 0 Å². The highest BCUT2D eigenvalue weighted by Gasteiger charge is 2.22. The zero-order chi connectivity index (χ0) is 17.2. The molecule has 0 atom stereocenters. The van der Waals surface area contributed by atoms with Crippen molar-refractivity contribution in [2.45, 2.75) is 18.2 Å². The molecule has 1 aromatic heterocycles. The van der Waals surface area contributed by atoms with Gasteiger partial charge in [-0.05, 0) is 25.0 Å². The SMILES string of the molecule is Cc1c(F)cc(S(=O)(=O)NCCc2cnn(C)c2)cc1[N+](=O)[O-]. The third-order valence-corrected chi connectivity index (χ3v) is 4.70. The highest BCUT2D eigenvalue weighted by atomic mass is 32.2. The Hall–Kier alpha value is -2.33. The van der Waals surface area contributed by atoms with Crippen LogP contribution in [-0.4, -0.2) is 29.7 Å². The van der Waals surface area contributed by atoms with Gasteiger partial charge in [-0.25, -0.2) is 17.5 Å². The van der Waals surface area contributed by atoms with E-state index in [0.717, 1.165) is 17.7 Å². The Kier molecular flexibility index (Phi) is 4.76. The molecule has 0 aliphatic carbocycles. The summed E-state index contributed by atoms with van der Waals surface area (Å²) in [7, 11) is -2.30. The van der Waals surface area contributed by atoms with Gasteiger partial charge >= 0.3 is 0 Å². The highest BCUT2D eigenvalue weighted by molar-refractivity contribution is 7.89. The molecule has 1 heterocycles.